The smallest absolute Gasteiger partial charge is 0.290 e. The molecule has 1 aliphatic rings. The Morgan fingerprint density at radius 2 is 2.39 bits per heavy atom. The van der Waals surface area contributed by atoms with E-state index in [2.05, 4.69) is 26.6 Å². The van der Waals surface area contributed by atoms with Gasteiger partial charge in [0.1, 0.15) is 5.82 Å². The summed E-state index contributed by atoms with van der Waals surface area (Å²) in [6.45, 7) is 4.68. The summed E-state index contributed by atoms with van der Waals surface area (Å²) in [6.07, 6.45) is 6.82. The molecule has 0 saturated heterocycles. The normalized spacial score (nSPS) is 14.9. The van der Waals surface area contributed by atoms with Gasteiger partial charge in [0, 0.05) is 12.5 Å². The number of H-pyrrole nitrogens is 1. The van der Waals surface area contributed by atoms with Crippen LogP contribution in [0.15, 0.2) is 11.6 Å². The van der Waals surface area contributed by atoms with Gasteiger partial charge in [-0.25, -0.2) is 4.98 Å². The first-order chi connectivity index (χ1) is 8.66. The van der Waals surface area contributed by atoms with Gasteiger partial charge < -0.3 is 5.32 Å². The summed E-state index contributed by atoms with van der Waals surface area (Å²) in [5.74, 6) is 1.04. The van der Waals surface area contributed by atoms with Gasteiger partial charge in [-0.2, -0.15) is 0 Å². The third kappa shape index (κ3) is 3.18. The van der Waals surface area contributed by atoms with E-state index < -0.39 is 0 Å². The maximum Gasteiger partial charge on any atom is 0.290 e. The fourth-order valence-corrected chi connectivity index (χ4v) is 2.01. The van der Waals surface area contributed by atoms with Crippen LogP contribution in [-0.4, -0.2) is 27.6 Å². The second-order valence-corrected chi connectivity index (χ2v) is 4.96. The Kier molecular flexibility index (Phi) is 4.12. The minimum atomic E-state index is -0.197. The number of nitrogens with one attached hydrogen (secondary N) is 2. The SMILES string of the molecule is CC(C)c1nc(C(=O)NCCC2=CCCC2)n[nH]1. The lowest BCUT2D eigenvalue weighted by Gasteiger charge is -2.03. The van der Waals surface area contributed by atoms with Crippen LogP contribution in [0.3, 0.4) is 0 Å². The van der Waals surface area contributed by atoms with E-state index in [4.69, 9.17) is 0 Å². The highest BCUT2D eigenvalue weighted by atomic mass is 16.2. The van der Waals surface area contributed by atoms with Gasteiger partial charge in [-0.3, -0.25) is 9.89 Å². The molecule has 0 spiro atoms. The van der Waals surface area contributed by atoms with Gasteiger partial charge in [0.15, 0.2) is 0 Å². The quantitative estimate of drug-likeness (QED) is 0.784. The van der Waals surface area contributed by atoms with Gasteiger partial charge in [0.25, 0.3) is 5.91 Å². The molecule has 0 bridgehead atoms. The molecule has 98 valence electrons. The van der Waals surface area contributed by atoms with Crippen molar-refractivity contribution in [2.45, 2.75) is 45.4 Å². The first kappa shape index (κ1) is 12.8. The highest BCUT2D eigenvalue weighted by Crippen LogP contribution is 2.19. The van der Waals surface area contributed by atoms with E-state index in [-0.39, 0.29) is 17.6 Å². The van der Waals surface area contributed by atoms with Gasteiger partial charge >= 0.3 is 0 Å². The van der Waals surface area contributed by atoms with Crippen molar-refractivity contribution in [1.82, 2.24) is 20.5 Å². The average molecular weight is 248 g/mol. The second kappa shape index (κ2) is 5.80. The Morgan fingerprint density at radius 1 is 1.56 bits per heavy atom. The largest absolute Gasteiger partial charge is 0.349 e. The molecule has 1 heterocycles. The van der Waals surface area contributed by atoms with Crippen molar-refractivity contribution in [3.05, 3.63) is 23.3 Å². The van der Waals surface area contributed by atoms with Crippen molar-refractivity contribution < 1.29 is 4.79 Å². The van der Waals surface area contributed by atoms with Crippen LogP contribution in [0.25, 0.3) is 0 Å². The maximum atomic E-state index is 11.8. The van der Waals surface area contributed by atoms with E-state index in [9.17, 15) is 4.79 Å². The third-order valence-corrected chi connectivity index (χ3v) is 3.12. The van der Waals surface area contributed by atoms with Gasteiger partial charge in [0.2, 0.25) is 5.82 Å². The lowest BCUT2D eigenvalue weighted by Crippen LogP contribution is -2.25. The zero-order valence-electron chi connectivity index (χ0n) is 11.0. The number of carbonyl (C=O) groups is 1. The van der Waals surface area contributed by atoms with E-state index >= 15 is 0 Å². The highest BCUT2D eigenvalue weighted by molar-refractivity contribution is 5.90. The zero-order valence-corrected chi connectivity index (χ0v) is 11.0. The van der Waals surface area contributed by atoms with Crippen LogP contribution in [0.5, 0.6) is 0 Å². The maximum absolute atomic E-state index is 11.8. The van der Waals surface area contributed by atoms with E-state index in [0.717, 1.165) is 12.2 Å². The molecular weight excluding hydrogens is 228 g/mol. The number of allylic oxidation sites excluding steroid dienone is 1. The van der Waals surface area contributed by atoms with Crippen LogP contribution in [0, 0.1) is 0 Å². The number of amides is 1. The van der Waals surface area contributed by atoms with E-state index in [0.29, 0.717) is 6.54 Å². The average Bonchev–Trinajstić information content (AvgIpc) is 2.99. The van der Waals surface area contributed by atoms with Crippen molar-refractivity contribution in [3.8, 4) is 0 Å². The standard InChI is InChI=1S/C13H20N4O/c1-9(2)11-15-12(17-16-11)13(18)14-8-7-10-5-3-4-6-10/h5,9H,3-4,6-8H2,1-2H3,(H,14,18)(H,15,16,17). The fraction of sp³-hybridized carbons (Fsp3) is 0.615. The molecule has 0 unspecified atom stereocenters. The first-order valence-electron chi connectivity index (χ1n) is 6.55. The van der Waals surface area contributed by atoms with Gasteiger partial charge in [-0.15, -0.1) is 5.10 Å². The highest BCUT2D eigenvalue weighted by Gasteiger charge is 2.13. The van der Waals surface area contributed by atoms with Crippen LogP contribution in [0.4, 0.5) is 0 Å². The van der Waals surface area contributed by atoms with Crippen molar-refractivity contribution >= 4 is 5.91 Å². The molecule has 0 saturated carbocycles. The van der Waals surface area contributed by atoms with Crippen LogP contribution >= 0.6 is 0 Å². The van der Waals surface area contributed by atoms with Gasteiger partial charge in [-0.05, 0) is 25.7 Å². The molecule has 2 rings (SSSR count). The molecular formula is C13H20N4O. The summed E-state index contributed by atoms with van der Waals surface area (Å²) in [5, 5.41) is 9.56. The van der Waals surface area contributed by atoms with E-state index in [1.165, 1.54) is 24.8 Å². The topological polar surface area (TPSA) is 70.7 Å². The molecule has 1 aromatic rings. The van der Waals surface area contributed by atoms with Crippen molar-refractivity contribution in [2.24, 2.45) is 0 Å². The number of carbonyl (C=O) groups excluding carboxylic acids is 1. The third-order valence-electron chi connectivity index (χ3n) is 3.12. The fourth-order valence-electron chi connectivity index (χ4n) is 2.01. The van der Waals surface area contributed by atoms with Crippen LogP contribution in [0.2, 0.25) is 0 Å². The summed E-state index contributed by atoms with van der Waals surface area (Å²) in [4.78, 5) is 15.9. The summed E-state index contributed by atoms with van der Waals surface area (Å²) in [7, 11) is 0. The molecule has 0 atom stereocenters. The van der Waals surface area contributed by atoms with Gasteiger partial charge in [0.05, 0.1) is 0 Å². The summed E-state index contributed by atoms with van der Waals surface area (Å²) in [5.41, 5.74) is 1.45. The van der Waals surface area contributed by atoms with E-state index in [1.54, 1.807) is 0 Å². The van der Waals surface area contributed by atoms with Gasteiger partial charge in [-0.1, -0.05) is 25.5 Å². The Bertz CT molecular complexity index is 448. The van der Waals surface area contributed by atoms with Crippen molar-refractivity contribution in [2.75, 3.05) is 6.54 Å². The Balaban J connectivity index is 1.79. The minimum Gasteiger partial charge on any atom is -0.349 e. The monoisotopic (exact) mass is 248 g/mol. The number of hydrogen-bond donors (Lipinski definition) is 2. The molecule has 0 aliphatic heterocycles. The molecule has 0 aromatic carbocycles. The number of aromatic amines is 1. The molecule has 2 N–H and O–H groups in total. The lowest BCUT2D eigenvalue weighted by molar-refractivity contribution is 0.0944. The molecule has 5 heteroatoms. The first-order valence-corrected chi connectivity index (χ1v) is 6.55. The lowest BCUT2D eigenvalue weighted by atomic mass is 10.2. The Hall–Kier alpha value is -1.65. The number of aromatic nitrogens is 3. The molecule has 0 radical (unpaired) electrons. The zero-order chi connectivity index (χ0) is 13.0. The van der Waals surface area contributed by atoms with Crippen LogP contribution < -0.4 is 5.32 Å². The molecule has 1 amide bonds. The van der Waals surface area contributed by atoms with Crippen molar-refractivity contribution in [3.63, 3.8) is 0 Å². The second-order valence-electron chi connectivity index (χ2n) is 4.96. The van der Waals surface area contributed by atoms with Crippen LogP contribution in [0.1, 0.15) is 61.9 Å². The molecule has 1 aliphatic carbocycles. The van der Waals surface area contributed by atoms with E-state index in [1.807, 2.05) is 13.8 Å². The molecule has 18 heavy (non-hydrogen) atoms. The number of hydrogen-bond acceptors (Lipinski definition) is 3. The molecule has 0 fully saturated rings. The molecule has 1 aromatic heterocycles. The molecule has 5 nitrogen and oxygen atoms in total. The Labute approximate surface area is 107 Å². The van der Waals surface area contributed by atoms with Crippen LogP contribution in [-0.2, 0) is 0 Å². The number of rotatable bonds is 5. The summed E-state index contributed by atoms with van der Waals surface area (Å²) in [6, 6.07) is 0. The predicted octanol–water partition coefficient (Wildman–Crippen LogP) is 2.16. The Morgan fingerprint density at radius 3 is 3.00 bits per heavy atom. The summed E-state index contributed by atoms with van der Waals surface area (Å²) < 4.78 is 0. The summed E-state index contributed by atoms with van der Waals surface area (Å²) >= 11 is 0. The number of nitrogens with zero attached hydrogens (tertiary/aromatic N) is 2. The van der Waals surface area contributed by atoms with Crippen molar-refractivity contribution in [1.29, 1.82) is 0 Å². The predicted molar refractivity (Wildman–Crippen MR) is 69.4 cm³/mol. The minimum absolute atomic E-state index is 0.197.